The third-order valence-corrected chi connectivity index (χ3v) is 3.73. The van der Waals surface area contributed by atoms with Gasteiger partial charge in [0.2, 0.25) is 0 Å². The van der Waals surface area contributed by atoms with Crippen LogP contribution >= 0.6 is 0 Å². The van der Waals surface area contributed by atoms with Crippen molar-refractivity contribution in [1.82, 2.24) is 20.0 Å². The standard InChI is InChI=1S/C15H18N4O/c1-18-13(7-8-17-18)15(20)19-10-9-16-11-14(19)12-5-3-2-4-6-12/h2-8,14,16H,9-11H2,1H3/t14-/m0/s1. The number of nitrogens with one attached hydrogen (secondary N) is 1. The predicted molar refractivity (Wildman–Crippen MR) is 76.3 cm³/mol. The number of carbonyl (C=O) groups excluding carboxylic acids is 1. The van der Waals surface area contributed by atoms with Crippen LogP contribution in [0.2, 0.25) is 0 Å². The number of amides is 1. The van der Waals surface area contributed by atoms with E-state index in [-0.39, 0.29) is 11.9 Å². The summed E-state index contributed by atoms with van der Waals surface area (Å²) in [5, 5.41) is 7.45. The van der Waals surface area contributed by atoms with Crippen LogP contribution < -0.4 is 5.32 Å². The Labute approximate surface area is 118 Å². The molecule has 1 saturated heterocycles. The average Bonchev–Trinajstić information content (AvgIpc) is 2.93. The lowest BCUT2D eigenvalue weighted by Crippen LogP contribution is -2.49. The molecule has 1 atom stereocenters. The summed E-state index contributed by atoms with van der Waals surface area (Å²) in [5.74, 6) is 0.0420. The van der Waals surface area contributed by atoms with Gasteiger partial charge in [-0.3, -0.25) is 9.48 Å². The Morgan fingerprint density at radius 1 is 1.30 bits per heavy atom. The summed E-state index contributed by atoms with van der Waals surface area (Å²) in [6.07, 6.45) is 1.66. The summed E-state index contributed by atoms with van der Waals surface area (Å²) >= 11 is 0. The third-order valence-electron chi connectivity index (χ3n) is 3.73. The molecule has 0 aliphatic carbocycles. The molecule has 1 aromatic carbocycles. The van der Waals surface area contributed by atoms with Crippen LogP contribution in [0.4, 0.5) is 0 Å². The maximum absolute atomic E-state index is 12.7. The lowest BCUT2D eigenvalue weighted by Gasteiger charge is -2.36. The molecule has 1 fully saturated rings. The zero-order chi connectivity index (χ0) is 13.9. The summed E-state index contributed by atoms with van der Waals surface area (Å²) in [4.78, 5) is 14.6. The smallest absolute Gasteiger partial charge is 0.272 e. The van der Waals surface area contributed by atoms with Crippen LogP contribution in [0.1, 0.15) is 22.1 Å². The van der Waals surface area contributed by atoms with Crippen molar-refractivity contribution in [2.45, 2.75) is 6.04 Å². The fourth-order valence-electron chi connectivity index (χ4n) is 2.65. The predicted octanol–water partition coefficient (Wildman–Crippen LogP) is 1.21. The molecule has 3 rings (SSSR count). The van der Waals surface area contributed by atoms with Crippen molar-refractivity contribution in [2.24, 2.45) is 7.05 Å². The first-order chi connectivity index (χ1) is 9.77. The number of benzene rings is 1. The van der Waals surface area contributed by atoms with E-state index in [2.05, 4.69) is 22.5 Å². The Morgan fingerprint density at radius 2 is 2.10 bits per heavy atom. The molecule has 1 N–H and O–H groups in total. The van der Waals surface area contributed by atoms with Crippen molar-refractivity contribution in [3.63, 3.8) is 0 Å². The Bertz CT molecular complexity index is 593. The normalized spacial score (nSPS) is 19.1. The van der Waals surface area contributed by atoms with Crippen molar-refractivity contribution >= 4 is 5.91 Å². The molecule has 1 aromatic heterocycles. The summed E-state index contributed by atoms with van der Waals surface area (Å²) in [7, 11) is 1.80. The molecule has 0 radical (unpaired) electrons. The summed E-state index contributed by atoms with van der Waals surface area (Å²) < 4.78 is 1.63. The molecule has 1 aliphatic heterocycles. The van der Waals surface area contributed by atoms with Gasteiger partial charge in [0.1, 0.15) is 5.69 Å². The third kappa shape index (κ3) is 2.32. The molecule has 0 saturated carbocycles. The molecule has 1 aliphatic rings. The van der Waals surface area contributed by atoms with Crippen LogP contribution in [0, 0.1) is 0 Å². The zero-order valence-electron chi connectivity index (χ0n) is 11.5. The number of carbonyl (C=O) groups is 1. The highest BCUT2D eigenvalue weighted by Gasteiger charge is 2.29. The van der Waals surface area contributed by atoms with Gasteiger partial charge in [-0.05, 0) is 11.6 Å². The van der Waals surface area contributed by atoms with Crippen molar-refractivity contribution in [3.8, 4) is 0 Å². The second kappa shape index (κ2) is 5.46. The average molecular weight is 270 g/mol. The van der Waals surface area contributed by atoms with Crippen LogP contribution in [0.3, 0.4) is 0 Å². The number of nitrogens with zero attached hydrogens (tertiary/aromatic N) is 3. The van der Waals surface area contributed by atoms with Crippen LogP contribution in [0.25, 0.3) is 0 Å². The van der Waals surface area contributed by atoms with Gasteiger partial charge in [-0.15, -0.1) is 0 Å². The molecule has 5 heteroatoms. The molecule has 1 amide bonds. The Hall–Kier alpha value is -2.14. The lowest BCUT2D eigenvalue weighted by atomic mass is 10.0. The molecular formula is C15H18N4O. The van der Waals surface area contributed by atoms with Gasteiger partial charge in [-0.1, -0.05) is 30.3 Å². The molecule has 2 heterocycles. The van der Waals surface area contributed by atoms with Crippen molar-refractivity contribution in [2.75, 3.05) is 19.6 Å². The van der Waals surface area contributed by atoms with E-state index in [4.69, 9.17) is 0 Å². The molecule has 5 nitrogen and oxygen atoms in total. The van der Waals surface area contributed by atoms with Gasteiger partial charge in [0.05, 0.1) is 6.04 Å². The number of aryl methyl sites for hydroxylation is 1. The van der Waals surface area contributed by atoms with Crippen molar-refractivity contribution in [1.29, 1.82) is 0 Å². The van der Waals surface area contributed by atoms with Gasteiger partial charge in [0.25, 0.3) is 5.91 Å². The van der Waals surface area contributed by atoms with E-state index in [1.807, 2.05) is 23.1 Å². The monoisotopic (exact) mass is 270 g/mol. The quantitative estimate of drug-likeness (QED) is 0.892. The zero-order valence-corrected chi connectivity index (χ0v) is 11.5. The van der Waals surface area contributed by atoms with E-state index in [0.717, 1.165) is 18.7 Å². The second-order valence-corrected chi connectivity index (χ2v) is 4.97. The van der Waals surface area contributed by atoms with E-state index in [9.17, 15) is 4.79 Å². The highest BCUT2D eigenvalue weighted by molar-refractivity contribution is 5.92. The van der Waals surface area contributed by atoms with E-state index in [1.54, 1.807) is 24.0 Å². The fourth-order valence-corrected chi connectivity index (χ4v) is 2.65. The summed E-state index contributed by atoms with van der Waals surface area (Å²) in [5.41, 5.74) is 1.79. The largest absolute Gasteiger partial charge is 0.328 e. The molecule has 20 heavy (non-hydrogen) atoms. The summed E-state index contributed by atoms with van der Waals surface area (Å²) in [6.45, 7) is 2.32. The van der Waals surface area contributed by atoms with E-state index < -0.39 is 0 Å². The Balaban J connectivity index is 1.90. The van der Waals surface area contributed by atoms with E-state index in [0.29, 0.717) is 12.2 Å². The first-order valence-corrected chi connectivity index (χ1v) is 6.82. The second-order valence-electron chi connectivity index (χ2n) is 4.97. The first kappa shape index (κ1) is 12.9. The molecule has 2 aromatic rings. The van der Waals surface area contributed by atoms with Crippen molar-refractivity contribution < 1.29 is 4.79 Å². The van der Waals surface area contributed by atoms with Gasteiger partial charge < -0.3 is 10.2 Å². The SMILES string of the molecule is Cn1nccc1C(=O)N1CCNC[C@H]1c1ccccc1. The van der Waals surface area contributed by atoms with Gasteiger partial charge in [-0.25, -0.2) is 0 Å². The molecular weight excluding hydrogens is 252 g/mol. The topological polar surface area (TPSA) is 50.2 Å². The molecule has 0 unspecified atom stereocenters. The molecule has 0 spiro atoms. The fraction of sp³-hybridized carbons (Fsp3) is 0.333. The maximum Gasteiger partial charge on any atom is 0.272 e. The maximum atomic E-state index is 12.7. The number of hydrogen-bond acceptors (Lipinski definition) is 3. The van der Waals surface area contributed by atoms with Crippen LogP contribution in [-0.4, -0.2) is 40.2 Å². The molecule has 104 valence electrons. The van der Waals surface area contributed by atoms with Crippen LogP contribution in [0.5, 0.6) is 0 Å². The van der Waals surface area contributed by atoms with E-state index >= 15 is 0 Å². The number of aromatic nitrogens is 2. The molecule has 0 bridgehead atoms. The van der Waals surface area contributed by atoms with Crippen LogP contribution in [-0.2, 0) is 7.05 Å². The lowest BCUT2D eigenvalue weighted by molar-refractivity contribution is 0.0623. The minimum Gasteiger partial charge on any atom is -0.328 e. The van der Waals surface area contributed by atoms with Gasteiger partial charge in [0, 0.05) is 32.9 Å². The highest BCUT2D eigenvalue weighted by atomic mass is 16.2. The van der Waals surface area contributed by atoms with Gasteiger partial charge in [-0.2, -0.15) is 5.10 Å². The first-order valence-electron chi connectivity index (χ1n) is 6.82. The number of rotatable bonds is 2. The Kier molecular flexibility index (Phi) is 3.52. The Morgan fingerprint density at radius 3 is 2.80 bits per heavy atom. The highest BCUT2D eigenvalue weighted by Crippen LogP contribution is 2.23. The van der Waals surface area contributed by atoms with E-state index in [1.165, 1.54) is 0 Å². The number of piperazine rings is 1. The van der Waals surface area contributed by atoms with Gasteiger partial charge in [0.15, 0.2) is 0 Å². The van der Waals surface area contributed by atoms with Crippen molar-refractivity contribution in [3.05, 3.63) is 53.9 Å². The minimum atomic E-state index is 0.0420. The number of hydrogen-bond donors (Lipinski definition) is 1. The van der Waals surface area contributed by atoms with Crippen LogP contribution in [0.15, 0.2) is 42.6 Å². The van der Waals surface area contributed by atoms with Gasteiger partial charge >= 0.3 is 0 Å². The summed E-state index contributed by atoms with van der Waals surface area (Å²) in [6, 6.07) is 12.0. The minimum absolute atomic E-state index is 0.0420.